The highest BCUT2D eigenvalue weighted by molar-refractivity contribution is 6.34. The fourth-order valence-corrected chi connectivity index (χ4v) is 3.42. The highest BCUT2D eigenvalue weighted by Crippen LogP contribution is 2.36. The molecule has 0 bridgehead atoms. The lowest BCUT2D eigenvalue weighted by atomic mass is 10.1. The third kappa shape index (κ3) is 3.77. The zero-order chi connectivity index (χ0) is 21.3. The zero-order valence-corrected chi connectivity index (χ0v) is 17.5. The van der Waals surface area contributed by atoms with E-state index in [2.05, 4.69) is 20.9 Å². The molecule has 0 saturated heterocycles. The van der Waals surface area contributed by atoms with E-state index in [1.807, 2.05) is 24.3 Å². The number of benzene rings is 2. The van der Waals surface area contributed by atoms with Crippen LogP contribution in [-0.4, -0.2) is 16.3 Å². The maximum absolute atomic E-state index is 12.8. The van der Waals surface area contributed by atoms with Crippen LogP contribution in [0.15, 0.2) is 57.6 Å². The van der Waals surface area contributed by atoms with Gasteiger partial charge in [0.25, 0.3) is 0 Å². The molecule has 4 aromatic rings. The molecule has 2 aromatic heterocycles. The Hall–Kier alpha value is -3.29. The molecule has 2 N–H and O–H groups in total. The zero-order valence-electron chi connectivity index (χ0n) is 16.0. The molecular weight excluding hydrogens is 427 g/mol. The minimum Gasteiger partial charge on any atom is -0.359 e. The highest BCUT2D eigenvalue weighted by atomic mass is 35.5. The lowest BCUT2D eigenvalue weighted by Crippen LogP contribution is -2.20. The summed E-state index contributed by atoms with van der Waals surface area (Å²) in [7, 11) is 0. The Morgan fingerprint density at radius 3 is 1.57 bits per heavy atom. The van der Waals surface area contributed by atoms with E-state index in [4.69, 9.17) is 32.2 Å². The second-order valence-electron chi connectivity index (χ2n) is 6.46. The molecule has 0 aliphatic rings. The van der Waals surface area contributed by atoms with Gasteiger partial charge in [0.1, 0.15) is 22.8 Å². The molecule has 2 amide bonds. The van der Waals surface area contributed by atoms with Gasteiger partial charge in [-0.3, -0.25) is 0 Å². The van der Waals surface area contributed by atoms with E-state index in [0.29, 0.717) is 55.5 Å². The first-order chi connectivity index (χ1) is 14.5. The van der Waals surface area contributed by atoms with Gasteiger partial charge in [0.05, 0.1) is 10.0 Å². The molecular formula is C21H16Cl2N4O3. The van der Waals surface area contributed by atoms with Gasteiger partial charge in [0.2, 0.25) is 0 Å². The minimum atomic E-state index is -0.519. The van der Waals surface area contributed by atoms with Gasteiger partial charge in [0.15, 0.2) is 11.5 Å². The van der Waals surface area contributed by atoms with Crippen LogP contribution in [0.1, 0.15) is 11.5 Å². The van der Waals surface area contributed by atoms with Gasteiger partial charge in [-0.25, -0.2) is 4.79 Å². The smallest absolute Gasteiger partial charge is 0.324 e. The number of nitrogens with one attached hydrogen (secondary N) is 2. The summed E-state index contributed by atoms with van der Waals surface area (Å²) in [6.07, 6.45) is 0. The fraction of sp³-hybridized carbons (Fsp3) is 0.0952. The molecule has 0 unspecified atom stereocenters. The number of rotatable bonds is 4. The SMILES string of the molecule is Cc1onc(-c2ccccc2Cl)c1NC(=O)Nc1c(-c2ccccc2Cl)noc1C. The summed E-state index contributed by atoms with van der Waals surface area (Å²) in [4.78, 5) is 12.8. The molecule has 0 spiro atoms. The highest BCUT2D eigenvalue weighted by Gasteiger charge is 2.22. The Labute approximate surface area is 181 Å². The number of carbonyl (C=O) groups excluding carboxylic acids is 1. The summed E-state index contributed by atoms with van der Waals surface area (Å²) in [5.74, 6) is 0.877. The van der Waals surface area contributed by atoms with Crippen LogP contribution in [0.25, 0.3) is 22.5 Å². The quantitative estimate of drug-likeness (QED) is 0.372. The Morgan fingerprint density at radius 1 is 0.767 bits per heavy atom. The van der Waals surface area contributed by atoms with Crippen LogP contribution in [0.5, 0.6) is 0 Å². The number of carbonyl (C=O) groups is 1. The van der Waals surface area contributed by atoms with Crippen molar-refractivity contribution in [2.45, 2.75) is 13.8 Å². The summed E-state index contributed by atoms with van der Waals surface area (Å²) in [6.45, 7) is 3.39. The molecule has 0 fully saturated rings. The molecule has 0 atom stereocenters. The van der Waals surface area contributed by atoms with Gasteiger partial charge in [-0.15, -0.1) is 0 Å². The number of hydrogen-bond acceptors (Lipinski definition) is 5. The van der Waals surface area contributed by atoms with Crippen LogP contribution in [0.4, 0.5) is 16.2 Å². The maximum Gasteiger partial charge on any atom is 0.324 e. The van der Waals surface area contributed by atoms with Crippen molar-refractivity contribution < 1.29 is 13.8 Å². The third-order valence-corrected chi connectivity index (χ3v) is 5.12. The molecule has 152 valence electrons. The minimum absolute atomic E-state index is 0.411. The molecule has 30 heavy (non-hydrogen) atoms. The van der Waals surface area contributed by atoms with Gasteiger partial charge < -0.3 is 19.7 Å². The molecule has 0 radical (unpaired) electrons. The molecule has 9 heteroatoms. The second-order valence-corrected chi connectivity index (χ2v) is 7.28. The Kier molecular flexibility index (Phi) is 5.48. The molecule has 7 nitrogen and oxygen atoms in total. The van der Waals surface area contributed by atoms with Crippen molar-refractivity contribution in [2.24, 2.45) is 0 Å². The average molecular weight is 443 g/mol. The summed E-state index contributed by atoms with van der Waals surface area (Å²) in [5, 5.41) is 14.6. The number of amides is 2. The molecule has 0 saturated carbocycles. The topological polar surface area (TPSA) is 93.2 Å². The van der Waals surface area contributed by atoms with Crippen molar-refractivity contribution >= 4 is 40.6 Å². The maximum atomic E-state index is 12.8. The van der Waals surface area contributed by atoms with Gasteiger partial charge >= 0.3 is 6.03 Å². The van der Waals surface area contributed by atoms with Crippen LogP contribution in [-0.2, 0) is 0 Å². The Balaban J connectivity index is 1.63. The third-order valence-electron chi connectivity index (χ3n) is 4.46. The van der Waals surface area contributed by atoms with Gasteiger partial charge in [-0.05, 0) is 26.0 Å². The van der Waals surface area contributed by atoms with Crippen molar-refractivity contribution in [2.75, 3.05) is 10.6 Å². The number of halogens is 2. The van der Waals surface area contributed by atoms with Gasteiger partial charge in [-0.2, -0.15) is 0 Å². The molecule has 2 aromatic carbocycles. The van der Waals surface area contributed by atoms with Gasteiger partial charge in [0, 0.05) is 11.1 Å². The predicted molar refractivity (Wildman–Crippen MR) is 116 cm³/mol. The van der Waals surface area contributed by atoms with E-state index >= 15 is 0 Å². The summed E-state index contributed by atoms with van der Waals surface area (Å²) in [5.41, 5.74) is 2.97. The Morgan fingerprint density at radius 2 is 1.17 bits per heavy atom. The van der Waals surface area contributed by atoms with E-state index in [0.717, 1.165) is 0 Å². The average Bonchev–Trinajstić information content (AvgIpc) is 3.26. The Bertz CT molecular complexity index is 1140. The van der Waals surface area contributed by atoms with E-state index < -0.39 is 6.03 Å². The van der Waals surface area contributed by atoms with Crippen LogP contribution in [0, 0.1) is 13.8 Å². The lowest BCUT2D eigenvalue weighted by molar-refractivity contribution is 0.262. The number of urea groups is 1. The van der Waals surface area contributed by atoms with Crippen molar-refractivity contribution in [1.82, 2.24) is 10.3 Å². The number of anilines is 2. The van der Waals surface area contributed by atoms with E-state index in [-0.39, 0.29) is 0 Å². The molecule has 4 rings (SSSR count). The first-order valence-electron chi connectivity index (χ1n) is 8.96. The summed E-state index contributed by atoms with van der Waals surface area (Å²) < 4.78 is 10.5. The van der Waals surface area contributed by atoms with E-state index in [9.17, 15) is 4.79 Å². The fourth-order valence-electron chi connectivity index (χ4n) is 2.97. The molecule has 0 aliphatic heterocycles. The van der Waals surface area contributed by atoms with E-state index in [1.165, 1.54) is 0 Å². The second kappa shape index (κ2) is 8.22. The number of nitrogens with zero attached hydrogens (tertiary/aromatic N) is 2. The van der Waals surface area contributed by atoms with Crippen LogP contribution in [0.3, 0.4) is 0 Å². The molecule has 0 aliphatic carbocycles. The van der Waals surface area contributed by atoms with Crippen molar-refractivity contribution in [1.29, 1.82) is 0 Å². The number of hydrogen-bond donors (Lipinski definition) is 2. The van der Waals surface area contributed by atoms with Gasteiger partial charge in [-0.1, -0.05) is 69.9 Å². The first kappa shape index (κ1) is 20.0. The standard InChI is InChI=1S/C21H16Cl2N4O3/c1-11-17(19(26-29-11)13-7-3-5-9-15(13)22)24-21(28)25-18-12(2)30-27-20(18)14-8-4-6-10-16(14)23/h3-10H,1-2H3,(H2,24,25,28). The monoisotopic (exact) mass is 442 g/mol. The normalized spacial score (nSPS) is 10.8. The van der Waals surface area contributed by atoms with Crippen molar-refractivity contribution in [3.05, 3.63) is 70.1 Å². The summed E-state index contributed by atoms with van der Waals surface area (Å²) in [6, 6.07) is 13.8. The van der Waals surface area contributed by atoms with E-state index in [1.54, 1.807) is 38.1 Å². The van der Waals surface area contributed by atoms with Crippen LogP contribution < -0.4 is 10.6 Å². The lowest BCUT2D eigenvalue weighted by Gasteiger charge is -2.09. The van der Waals surface area contributed by atoms with Crippen molar-refractivity contribution in [3.8, 4) is 22.5 Å². The van der Waals surface area contributed by atoms with Crippen molar-refractivity contribution in [3.63, 3.8) is 0 Å². The predicted octanol–water partition coefficient (Wildman–Crippen LogP) is 6.56. The number of aromatic nitrogens is 2. The van der Waals surface area contributed by atoms with Crippen LogP contribution in [0.2, 0.25) is 10.0 Å². The molecule has 2 heterocycles. The van der Waals surface area contributed by atoms with Crippen LogP contribution >= 0.6 is 23.2 Å². The summed E-state index contributed by atoms with van der Waals surface area (Å²) >= 11 is 12.5. The first-order valence-corrected chi connectivity index (χ1v) is 9.71. The number of aryl methyl sites for hydroxylation is 2. The largest absolute Gasteiger partial charge is 0.359 e.